The largest absolute Gasteiger partial charge is 0.451 e. The van der Waals surface area contributed by atoms with Crippen molar-refractivity contribution >= 4 is 11.8 Å². The van der Waals surface area contributed by atoms with E-state index in [-0.39, 0.29) is 5.78 Å². The van der Waals surface area contributed by atoms with Crippen molar-refractivity contribution in [3.8, 4) is 22.9 Å². The van der Waals surface area contributed by atoms with Crippen LogP contribution in [0.3, 0.4) is 0 Å². The lowest BCUT2D eigenvalue weighted by Gasteiger charge is -2.12. The summed E-state index contributed by atoms with van der Waals surface area (Å²) in [6.45, 7) is 1.56. The molecule has 0 aliphatic carbocycles. The summed E-state index contributed by atoms with van der Waals surface area (Å²) in [6.07, 6.45) is -0.885. The number of carbonyl (C=O) groups is 2. The van der Waals surface area contributed by atoms with Crippen molar-refractivity contribution in [2.75, 3.05) is 0 Å². The van der Waals surface area contributed by atoms with E-state index in [1.54, 1.807) is 55.5 Å². The molecule has 0 N–H and O–H groups in total. The summed E-state index contributed by atoms with van der Waals surface area (Å²) in [4.78, 5) is 24.8. The van der Waals surface area contributed by atoms with Gasteiger partial charge in [-0.25, -0.2) is 4.79 Å². The van der Waals surface area contributed by atoms with E-state index >= 15 is 0 Å². The zero-order valence-electron chi connectivity index (χ0n) is 16.2. The molecule has 0 saturated heterocycles. The van der Waals surface area contributed by atoms with Gasteiger partial charge in [0.2, 0.25) is 17.6 Å². The average molecular weight is 398 g/mol. The SMILES string of the molecule is C[C@H](OC(=O)c1ccc(-c2nnc(-c3ccccc3)o2)cc1)C(=O)c1ccccc1. The second-order valence-corrected chi connectivity index (χ2v) is 6.63. The molecule has 0 aliphatic rings. The summed E-state index contributed by atoms with van der Waals surface area (Å²) in [6, 6.07) is 24.8. The minimum Gasteiger partial charge on any atom is -0.451 e. The molecule has 0 radical (unpaired) electrons. The van der Waals surface area contributed by atoms with Crippen molar-refractivity contribution in [3.05, 3.63) is 96.1 Å². The maximum atomic E-state index is 12.4. The van der Waals surface area contributed by atoms with Gasteiger partial charge in [0.15, 0.2) is 6.10 Å². The number of aromatic nitrogens is 2. The van der Waals surface area contributed by atoms with Crippen LogP contribution in [0.25, 0.3) is 22.9 Å². The summed E-state index contributed by atoms with van der Waals surface area (Å²) in [5.41, 5.74) is 2.33. The highest BCUT2D eigenvalue weighted by atomic mass is 16.5. The Hall–Kier alpha value is -4.06. The Labute approximate surface area is 173 Å². The molecule has 3 aromatic carbocycles. The molecule has 0 unspecified atom stereocenters. The molecule has 0 fully saturated rings. The molecule has 6 heteroatoms. The molecule has 148 valence electrons. The minimum atomic E-state index is -0.885. The zero-order valence-corrected chi connectivity index (χ0v) is 16.2. The standard InChI is InChI=1S/C24H18N2O4/c1-16(21(27)17-8-4-2-5-9-17)29-24(28)20-14-12-19(13-15-20)23-26-25-22(30-23)18-10-6-3-7-11-18/h2-16H,1H3/t16-/m0/s1. The number of nitrogens with zero attached hydrogens (tertiary/aromatic N) is 2. The van der Waals surface area contributed by atoms with Crippen LogP contribution in [0, 0.1) is 0 Å². The number of esters is 1. The number of benzene rings is 3. The zero-order chi connectivity index (χ0) is 20.9. The van der Waals surface area contributed by atoms with Gasteiger partial charge in [-0.3, -0.25) is 4.79 Å². The van der Waals surface area contributed by atoms with E-state index in [1.165, 1.54) is 0 Å². The number of hydrogen-bond acceptors (Lipinski definition) is 6. The van der Waals surface area contributed by atoms with E-state index in [1.807, 2.05) is 36.4 Å². The van der Waals surface area contributed by atoms with E-state index in [2.05, 4.69) is 10.2 Å². The first-order valence-corrected chi connectivity index (χ1v) is 9.41. The Balaban J connectivity index is 1.44. The smallest absolute Gasteiger partial charge is 0.338 e. The van der Waals surface area contributed by atoms with Crippen LogP contribution in [0.4, 0.5) is 0 Å². The van der Waals surface area contributed by atoms with Gasteiger partial charge in [0.05, 0.1) is 5.56 Å². The first kappa shape index (κ1) is 19.3. The number of ketones is 1. The molecule has 1 atom stereocenters. The first-order chi connectivity index (χ1) is 14.6. The molecule has 6 nitrogen and oxygen atoms in total. The highest BCUT2D eigenvalue weighted by molar-refractivity contribution is 6.01. The Morgan fingerprint density at radius 1 is 0.733 bits per heavy atom. The highest BCUT2D eigenvalue weighted by Crippen LogP contribution is 2.24. The molecular weight excluding hydrogens is 380 g/mol. The number of ether oxygens (including phenoxy) is 1. The summed E-state index contributed by atoms with van der Waals surface area (Å²) >= 11 is 0. The fourth-order valence-electron chi connectivity index (χ4n) is 2.91. The number of Topliss-reactive ketones (excluding diaryl/α,β-unsaturated/α-hetero) is 1. The maximum Gasteiger partial charge on any atom is 0.338 e. The fraction of sp³-hybridized carbons (Fsp3) is 0.0833. The van der Waals surface area contributed by atoms with Gasteiger partial charge in [0.25, 0.3) is 0 Å². The quantitative estimate of drug-likeness (QED) is 0.342. The van der Waals surface area contributed by atoms with Crippen LogP contribution in [-0.4, -0.2) is 28.1 Å². The molecule has 1 aromatic heterocycles. The second-order valence-electron chi connectivity index (χ2n) is 6.63. The fourth-order valence-corrected chi connectivity index (χ4v) is 2.91. The van der Waals surface area contributed by atoms with Gasteiger partial charge in [0.1, 0.15) is 0 Å². The van der Waals surface area contributed by atoms with Gasteiger partial charge in [-0.1, -0.05) is 48.5 Å². The third-order valence-electron chi connectivity index (χ3n) is 4.52. The minimum absolute atomic E-state index is 0.250. The summed E-state index contributed by atoms with van der Waals surface area (Å²) < 4.78 is 11.0. The summed E-state index contributed by atoms with van der Waals surface area (Å²) in [7, 11) is 0. The third-order valence-corrected chi connectivity index (χ3v) is 4.52. The molecule has 0 bridgehead atoms. The van der Waals surface area contributed by atoms with Crippen molar-refractivity contribution in [2.45, 2.75) is 13.0 Å². The van der Waals surface area contributed by atoms with E-state index in [4.69, 9.17) is 9.15 Å². The van der Waals surface area contributed by atoms with E-state index in [0.29, 0.717) is 28.5 Å². The molecular formula is C24H18N2O4. The topological polar surface area (TPSA) is 82.3 Å². The predicted molar refractivity (Wildman–Crippen MR) is 111 cm³/mol. The Kier molecular flexibility index (Phi) is 5.48. The lowest BCUT2D eigenvalue weighted by atomic mass is 10.1. The molecule has 0 aliphatic heterocycles. The van der Waals surface area contributed by atoms with Crippen LogP contribution in [0.15, 0.2) is 89.3 Å². The monoisotopic (exact) mass is 398 g/mol. The molecule has 0 saturated carbocycles. The summed E-state index contributed by atoms with van der Waals surface area (Å²) in [5.74, 6) is -0.0579. The Morgan fingerprint density at radius 3 is 1.87 bits per heavy atom. The van der Waals surface area contributed by atoms with Gasteiger partial charge < -0.3 is 9.15 Å². The average Bonchev–Trinajstić information content (AvgIpc) is 3.30. The van der Waals surface area contributed by atoms with E-state index in [9.17, 15) is 9.59 Å². The van der Waals surface area contributed by atoms with Gasteiger partial charge in [-0.2, -0.15) is 0 Å². The Morgan fingerprint density at radius 2 is 1.27 bits per heavy atom. The Bertz CT molecular complexity index is 1150. The molecule has 4 aromatic rings. The molecule has 0 amide bonds. The first-order valence-electron chi connectivity index (χ1n) is 9.41. The third kappa shape index (κ3) is 4.17. The van der Waals surface area contributed by atoms with E-state index in [0.717, 1.165) is 5.56 Å². The van der Waals surface area contributed by atoms with Gasteiger partial charge in [-0.15, -0.1) is 10.2 Å². The highest BCUT2D eigenvalue weighted by Gasteiger charge is 2.20. The van der Waals surface area contributed by atoms with Crippen molar-refractivity contribution in [1.82, 2.24) is 10.2 Å². The molecule has 0 spiro atoms. The van der Waals surface area contributed by atoms with Crippen molar-refractivity contribution < 1.29 is 18.7 Å². The van der Waals surface area contributed by atoms with Crippen LogP contribution >= 0.6 is 0 Å². The van der Waals surface area contributed by atoms with Crippen LogP contribution in [0.1, 0.15) is 27.6 Å². The molecule has 4 rings (SSSR count). The van der Waals surface area contributed by atoms with Crippen LogP contribution < -0.4 is 0 Å². The van der Waals surface area contributed by atoms with E-state index < -0.39 is 12.1 Å². The van der Waals surface area contributed by atoms with Gasteiger partial charge in [0, 0.05) is 16.7 Å². The van der Waals surface area contributed by atoms with Gasteiger partial charge in [-0.05, 0) is 43.3 Å². The van der Waals surface area contributed by atoms with Crippen molar-refractivity contribution in [1.29, 1.82) is 0 Å². The second kappa shape index (κ2) is 8.53. The van der Waals surface area contributed by atoms with Crippen molar-refractivity contribution in [3.63, 3.8) is 0 Å². The maximum absolute atomic E-state index is 12.4. The predicted octanol–water partition coefficient (Wildman–Crippen LogP) is 4.83. The number of carbonyl (C=O) groups excluding carboxylic acids is 2. The van der Waals surface area contributed by atoms with Crippen LogP contribution in [0.2, 0.25) is 0 Å². The van der Waals surface area contributed by atoms with Crippen LogP contribution in [0.5, 0.6) is 0 Å². The van der Waals surface area contributed by atoms with Crippen LogP contribution in [-0.2, 0) is 4.74 Å². The van der Waals surface area contributed by atoms with Gasteiger partial charge >= 0.3 is 5.97 Å². The lowest BCUT2D eigenvalue weighted by Crippen LogP contribution is -2.24. The lowest BCUT2D eigenvalue weighted by molar-refractivity contribution is 0.0319. The number of hydrogen-bond donors (Lipinski definition) is 0. The molecule has 1 heterocycles. The molecule has 30 heavy (non-hydrogen) atoms. The summed E-state index contributed by atoms with van der Waals surface area (Å²) in [5, 5.41) is 8.13. The normalized spacial score (nSPS) is 11.6. The van der Waals surface area contributed by atoms with Crippen molar-refractivity contribution in [2.24, 2.45) is 0 Å². The number of rotatable bonds is 6.